The molecule has 3 aliphatic rings. The van der Waals surface area contributed by atoms with E-state index in [9.17, 15) is 4.79 Å². The smallest absolute Gasteiger partial charge is 0.310 e. The van der Waals surface area contributed by atoms with Crippen molar-refractivity contribution < 1.29 is 14.3 Å². The third kappa shape index (κ3) is 4.46. The van der Waals surface area contributed by atoms with E-state index in [1.165, 1.54) is 45.8 Å². The van der Waals surface area contributed by atoms with Gasteiger partial charge in [-0.3, -0.25) is 9.69 Å². The van der Waals surface area contributed by atoms with Gasteiger partial charge >= 0.3 is 5.97 Å². The normalized spacial score (nSPS) is 29.5. The monoisotopic (exact) mass is 324 g/mol. The number of carbonyl (C=O) groups excluding carboxylic acids is 1. The van der Waals surface area contributed by atoms with Gasteiger partial charge in [0.05, 0.1) is 26.2 Å². The molecule has 2 heterocycles. The molecule has 0 bridgehead atoms. The van der Waals surface area contributed by atoms with Gasteiger partial charge in [-0.2, -0.15) is 0 Å². The average Bonchev–Trinajstić information content (AvgIpc) is 3.04. The van der Waals surface area contributed by atoms with Crippen LogP contribution in [-0.2, 0) is 14.3 Å². The Labute approximate surface area is 140 Å². The van der Waals surface area contributed by atoms with Crippen molar-refractivity contribution in [1.82, 2.24) is 9.80 Å². The molecule has 3 rings (SSSR count). The number of nitrogens with zero attached hydrogens (tertiary/aromatic N) is 2. The van der Waals surface area contributed by atoms with Crippen LogP contribution in [0.1, 0.15) is 38.5 Å². The Kier molecular flexibility index (Phi) is 5.94. The predicted molar refractivity (Wildman–Crippen MR) is 89.3 cm³/mol. The van der Waals surface area contributed by atoms with Crippen LogP contribution in [0.3, 0.4) is 0 Å². The van der Waals surface area contributed by atoms with Gasteiger partial charge in [-0.25, -0.2) is 0 Å². The van der Waals surface area contributed by atoms with Gasteiger partial charge in [-0.1, -0.05) is 19.3 Å². The van der Waals surface area contributed by atoms with Gasteiger partial charge in [0.15, 0.2) is 0 Å². The minimum atomic E-state index is -0.0293. The van der Waals surface area contributed by atoms with E-state index in [0.29, 0.717) is 5.41 Å². The highest BCUT2D eigenvalue weighted by Crippen LogP contribution is 2.39. The van der Waals surface area contributed by atoms with E-state index in [4.69, 9.17) is 9.47 Å². The zero-order chi connectivity index (χ0) is 16.1. The maximum absolute atomic E-state index is 11.8. The zero-order valence-electron chi connectivity index (χ0n) is 14.6. The lowest BCUT2D eigenvalue weighted by atomic mass is 9.73. The first kappa shape index (κ1) is 17.2. The molecule has 0 N–H and O–H groups in total. The molecule has 0 spiro atoms. The Morgan fingerprint density at radius 2 is 1.78 bits per heavy atom. The van der Waals surface area contributed by atoms with Crippen molar-refractivity contribution in [2.75, 3.05) is 59.6 Å². The van der Waals surface area contributed by atoms with Crippen LogP contribution in [0.4, 0.5) is 0 Å². The quantitative estimate of drug-likeness (QED) is 0.721. The number of hydrogen-bond acceptors (Lipinski definition) is 5. The Hall–Kier alpha value is -0.650. The predicted octanol–water partition coefficient (Wildman–Crippen LogP) is 1.76. The summed E-state index contributed by atoms with van der Waals surface area (Å²) in [6, 6.07) is 0. The molecule has 1 atom stereocenters. The van der Waals surface area contributed by atoms with Crippen LogP contribution >= 0.6 is 0 Å². The molecule has 1 unspecified atom stereocenters. The van der Waals surface area contributed by atoms with Crippen LogP contribution in [0.25, 0.3) is 0 Å². The molecule has 2 saturated heterocycles. The van der Waals surface area contributed by atoms with E-state index >= 15 is 0 Å². The van der Waals surface area contributed by atoms with Crippen molar-refractivity contribution in [3.63, 3.8) is 0 Å². The molecule has 5 nitrogen and oxygen atoms in total. The summed E-state index contributed by atoms with van der Waals surface area (Å²) >= 11 is 0. The highest BCUT2D eigenvalue weighted by Gasteiger charge is 2.38. The lowest BCUT2D eigenvalue weighted by Crippen LogP contribution is -2.49. The summed E-state index contributed by atoms with van der Waals surface area (Å²) in [5.74, 6) is 0.0578. The third-order valence-corrected chi connectivity index (χ3v) is 5.94. The van der Waals surface area contributed by atoms with Crippen molar-refractivity contribution in [3.05, 3.63) is 0 Å². The maximum Gasteiger partial charge on any atom is 0.310 e. The van der Waals surface area contributed by atoms with Crippen LogP contribution in [0.5, 0.6) is 0 Å². The van der Waals surface area contributed by atoms with E-state index in [0.717, 1.165) is 52.4 Å². The lowest BCUT2D eigenvalue weighted by molar-refractivity contribution is -0.145. The molecule has 132 valence electrons. The molecular formula is C18H32N2O3. The number of rotatable bonds is 5. The van der Waals surface area contributed by atoms with E-state index < -0.39 is 0 Å². The van der Waals surface area contributed by atoms with Crippen LogP contribution in [0.2, 0.25) is 0 Å². The molecule has 0 radical (unpaired) electrons. The van der Waals surface area contributed by atoms with Gasteiger partial charge < -0.3 is 14.4 Å². The van der Waals surface area contributed by atoms with Crippen LogP contribution in [0.15, 0.2) is 0 Å². The summed E-state index contributed by atoms with van der Waals surface area (Å²) in [5, 5.41) is 0. The second-order valence-electron chi connectivity index (χ2n) is 7.69. The van der Waals surface area contributed by atoms with Crippen molar-refractivity contribution in [2.45, 2.75) is 38.5 Å². The van der Waals surface area contributed by atoms with E-state index in [1.54, 1.807) is 0 Å². The topological polar surface area (TPSA) is 42.0 Å². The molecule has 1 aliphatic carbocycles. The molecular weight excluding hydrogens is 292 g/mol. The van der Waals surface area contributed by atoms with Crippen molar-refractivity contribution in [2.24, 2.45) is 11.3 Å². The molecule has 1 saturated carbocycles. The van der Waals surface area contributed by atoms with Gasteiger partial charge in [-0.15, -0.1) is 0 Å². The molecule has 5 heteroatoms. The maximum atomic E-state index is 11.8. The van der Waals surface area contributed by atoms with Gasteiger partial charge in [-0.05, 0) is 31.2 Å². The molecule has 0 aromatic heterocycles. The van der Waals surface area contributed by atoms with E-state index in [2.05, 4.69) is 9.80 Å². The zero-order valence-corrected chi connectivity index (χ0v) is 14.6. The molecule has 0 aromatic rings. The second kappa shape index (κ2) is 7.95. The number of carbonyl (C=O) groups is 1. The Morgan fingerprint density at radius 1 is 1.09 bits per heavy atom. The molecule has 3 fully saturated rings. The van der Waals surface area contributed by atoms with E-state index in [1.807, 2.05) is 0 Å². The fourth-order valence-corrected chi connectivity index (χ4v) is 4.71. The van der Waals surface area contributed by atoms with Gasteiger partial charge in [0.25, 0.3) is 0 Å². The SMILES string of the molecule is COC(=O)C1CCN(CC2(CN3CCOCC3)CCCCC2)C1. The number of hydrogen-bond donors (Lipinski definition) is 0. The summed E-state index contributed by atoms with van der Waals surface area (Å²) in [6.07, 6.45) is 7.74. The average molecular weight is 324 g/mol. The first-order valence-corrected chi connectivity index (χ1v) is 9.31. The summed E-state index contributed by atoms with van der Waals surface area (Å²) in [4.78, 5) is 16.9. The number of methoxy groups -OCH3 is 1. The van der Waals surface area contributed by atoms with Gasteiger partial charge in [0, 0.05) is 32.7 Å². The van der Waals surface area contributed by atoms with Gasteiger partial charge in [0.2, 0.25) is 0 Å². The highest BCUT2D eigenvalue weighted by molar-refractivity contribution is 5.72. The van der Waals surface area contributed by atoms with Crippen LogP contribution in [-0.4, -0.2) is 75.4 Å². The Morgan fingerprint density at radius 3 is 2.48 bits per heavy atom. The highest BCUT2D eigenvalue weighted by atomic mass is 16.5. The second-order valence-corrected chi connectivity index (χ2v) is 7.69. The first-order chi connectivity index (χ1) is 11.2. The third-order valence-electron chi connectivity index (χ3n) is 5.94. The minimum absolute atomic E-state index is 0.0293. The molecule has 23 heavy (non-hydrogen) atoms. The lowest BCUT2D eigenvalue weighted by Gasteiger charge is -2.44. The summed E-state index contributed by atoms with van der Waals surface area (Å²) in [5.41, 5.74) is 0.417. The largest absolute Gasteiger partial charge is 0.469 e. The van der Waals surface area contributed by atoms with E-state index in [-0.39, 0.29) is 11.9 Å². The minimum Gasteiger partial charge on any atom is -0.469 e. The van der Waals surface area contributed by atoms with Crippen molar-refractivity contribution in [1.29, 1.82) is 0 Å². The number of likely N-dealkylation sites (tertiary alicyclic amines) is 1. The Balaban J connectivity index is 1.59. The number of ether oxygens (including phenoxy) is 2. The Bertz CT molecular complexity index is 390. The number of esters is 1. The summed E-state index contributed by atoms with van der Waals surface area (Å²) in [6.45, 7) is 8.20. The van der Waals surface area contributed by atoms with Crippen LogP contribution < -0.4 is 0 Å². The fourth-order valence-electron chi connectivity index (χ4n) is 4.71. The first-order valence-electron chi connectivity index (χ1n) is 9.31. The fraction of sp³-hybridized carbons (Fsp3) is 0.944. The standard InChI is InChI=1S/C18H32N2O3/c1-22-17(21)16-5-8-20(13-16)15-18(6-3-2-4-7-18)14-19-9-11-23-12-10-19/h16H,2-15H2,1H3. The molecule has 0 amide bonds. The van der Waals surface area contributed by atoms with Gasteiger partial charge in [0.1, 0.15) is 0 Å². The molecule has 0 aromatic carbocycles. The summed E-state index contributed by atoms with van der Waals surface area (Å²) in [7, 11) is 1.51. The molecule has 2 aliphatic heterocycles. The van der Waals surface area contributed by atoms with Crippen LogP contribution in [0, 0.1) is 11.3 Å². The van der Waals surface area contributed by atoms with Crippen molar-refractivity contribution in [3.8, 4) is 0 Å². The van der Waals surface area contributed by atoms with Crippen molar-refractivity contribution >= 4 is 5.97 Å². The summed E-state index contributed by atoms with van der Waals surface area (Å²) < 4.78 is 10.4. The number of morpholine rings is 1.